The second-order valence-corrected chi connectivity index (χ2v) is 3.87. The first-order valence-electron chi connectivity index (χ1n) is 5.89. The lowest BCUT2D eigenvalue weighted by Crippen LogP contribution is -2.26. The molecule has 6 nitrogen and oxygen atoms in total. The molecule has 0 aromatic heterocycles. The molecular weight excluding hydrogens is 224 g/mol. The highest BCUT2D eigenvalue weighted by molar-refractivity contribution is 5.67. The molecule has 0 radical (unpaired) electrons. The first kappa shape index (κ1) is 13.7. The first-order valence-corrected chi connectivity index (χ1v) is 5.89. The van der Waals surface area contributed by atoms with Crippen LogP contribution in [0.1, 0.15) is 25.7 Å². The van der Waals surface area contributed by atoms with Gasteiger partial charge in [0.05, 0.1) is 13.2 Å². The Morgan fingerprint density at radius 2 is 2.18 bits per heavy atom. The van der Waals surface area contributed by atoms with Gasteiger partial charge in [0.25, 0.3) is 0 Å². The van der Waals surface area contributed by atoms with Gasteiger partial charge in [-0.3, -0.25) is 0 Å². The van der Waals surface area contributed by atoms with Gasteiger partial charge >= 0.3 is 6.09 Å². The van der Waals surface area contributed by atoms with Crippen LogP contribution in [-0.2, 0) is 14.3 Å². The molecule has 1 N–H and O–H groups in total. The highest BCUT2D eigenvalue weighted by Crippen LogP contribution is 2.08. The normalized spacial score (nSPS) is 17.1. The minimum absolute atomic E-state index is 0.110. The number of aliphatic imine (C=N–C) groups is 1. The van der Waals surface area contributed by atoms with Crippen molar-refractivity contribution in [1.82, 2.24) is 5.32 Å². The molecule has 1 aliphatic rings. The largest absolute Gasteiger partial charge is 0.447 e. The van der Waals surface area contributed by atoms with Crippen LogP contribution in [0.2, 0.25) is 0 Å². The van der Waals surface area contributed by atoms with Crippen molar-refractivity contribution >= 4 is 12.2 Å². The number of nitrogens with one attached hydrogen (secondary N) is 1. The van der Waals surface area contributed by atoms with Crippen molar-refractivity contribution in [2.75, 3.05) is 26.3 Å². The van der Waals surface area contributed by atoms with Crippen LogP contribution in [0.3, 0.4) is 0 Å². The summed E-state index contributed by atoms with van der Waals surface area (Å²) in [4.78, 5) is 24.3. The van der Waals surface area contributed by atoms with Gasteiger partial charge in [-0.05, 0) is 12.8 Å². The van der Waals surface area contributed by atoms with Gasteiger partial charge in [-0.15, -0.1) is 0 Å². The molecular formula is C11H18N2O4. The standard InChI is InChI=1S/C11H18N2O4/c14-9-12-5-3-1-2-4-6-13-11(15)17-8-10-7-16-10/h10H,1-8H2,(H,13,15). The molecule has 1 amide bonds. The number of unbranched alkanes of at least 4 members (excludes halogenated alkanes) is 3. The molecule has 1 rings (SSSR count). The summed E-state index contributed by atoms with van der Waals surface area (Å²) in [6.07, 6.45) is 5.02. The van der Waals surface area contributed by atoms with E-state index in [-0.39, 0.29) is 12.2 Å². The number of hydrogen-bond acceptors (Lipinski definition) is 5. The van der Waals surface area contributed by atoms with Crippen molar-refractivity contribution < 1.29 is 19.1 Å². The maximum Gasteiger partial charge on any atom is 0.407 e. The summed E-state index contributed by atoms with van der Waals surface area (Å²) in [7, 11) is 0. The first-order chi connectivity index (χ1) is 8.33. The summed E-state index contributed by atoms with van der Waals surface area (Å²) in [5.74, 6) is 0. The van der Waals surface area contributed by atoms with Crippen molar-refractivity contribution in [2.24, 2.45) is 4.99 Å². The lowest BCUT2D eigenvalue weighted by Gasteiger charge is -2.05. The molecule has 1 atom stereocenters. The van der Waals surface area contributed by atoms with Crippen molar-refractivity contribution in [3.63, 3.8) is 0 Å². The van der Waals surface area contributed by atoms with E-state index in [4.69, 9.17) is 9.47 Å². The predicted octanol–water partition coefficient (Wildman–Crippen LogP) is 1.01. The Kier molecular flexibility index (Phi) is 7.02. The number of amides is 1. The molecule has 0 aromatic carbocycles. The van der Waals surface area contributed by atoms with Crippen LogP contribution in [0, 0.1) is 0 Å². The fourth-order valence-electron chi connectivity index (χ4n) is 1.29. The third-order valence-electron chi connectivity index (χ3n) is 2.33. The Balaban J connectivity index is 1.79. The monoisotopic (exact) mass is 242 g/mol. The van der Waals surface area contributed by atoms with E-state index in [2.05, 4.69) is 10.3 Å². The zero-order chi connectivity index (χ0) is 12.3. The molecule has 1 aliphatic heterocycles. The van der Waals surface area contributed by atoms with Crippen LogP contribution in [0.4, 0.5) is 4.79 Å². The second-order valence-electron chi connectivity index (χ2n) is 3.87. The maximum atomic E-state index is 11.1. The van der Waals surface area contributed by atoms with E-state index in [0.29, 0.717) is 26.3 Å². The van der Waals surface area contributed by atoms with Gasteiger partial charge in [0.2, 0.25) is 6.08 Å². The van der Waals surface area contributed by atoms with E-state index in [1.54, 1.807) is 0 Å². The Morgan fingerprint density at radius 1 is 1.41 bits per heavy atom. The smallest absolute Gasteiger partial charge is 0.407 e. The van der Waals surface area contributed by atoms with Gasteiger partial charge in [-0.25, -0.2) is 14.6 Å². The summed E-state index contributed by atoms with van der Waals surface area (Å²) in [5, 5.41) is 2.67. The lowest BCUT2D eigenvalue weighted by molar-refractivity contribution is 0.136. The number of epoxide rings is 1. The number of alkyl carbamates (subject to hydrolysis) is 1. The van der Waals surface area contributed by atoms with Crippen molar-refractivity contribution in [2.45, 2.75) is 31.8 Å². The molecule has 1 fully saturated rings. The summed E-state index contributed by atoms with van der Waals surface area (Å²) in [5.41, 5.74) is 0. The van der Waals surface area contributed by atoms with Crippen LogP contribution in [0.5, 0.6) is 0 Å². The van der Waals surface area contributed by atoms with E-state index < -0.39 is 0 Å². The quantitative estimate of drug-likeness (QED) is 0.283. The summed E-state index contributed by atoms with van der Waals surface area (Å²) >= 11 is 0. The Bertz CT molecular complexity index is 273. The molecule has 17 heavy (non-hydrogen) atoms. The molecule has 6 heteroatoms. The Hall–Kier alpha value is -1.39. The minimum atomic E-state index is -0.383. The number of carbonyl (C=O) groups is 1. The van der Waals surface area contributed by atoms with Gasteiger partial charge < -0.3 is 14.8 Å². The fraction of sp³-hybridized carbons (Fsp3) is 0.818. The van der Waals surface area contributed by atoms with Gasteiger partial charge in [0.1, 0.15) is 12.7 Å². The number of ether oxygens (including phenoxy) is 2. The highest BCUT2D eigenvalue weighted by atomic mass is 16.6. The topological polar surface area (TPSA) is 80.3 Å². The molecule has 1 heterocycles. The van der Waals surface area contributed by atoms with Crippen molar-refractivity contribution in [3.8, 4) is 0 Å². The number of carbonyl (C=O) groups excluding carboxylic acids is 2. The molecule has 1 saturated heterocycles. The minimum Gasteiger partial charge on any atom is -0.447 e. The van der Waals surface area contributed by atoms with Crippen LogP contribution < -0.4 is 5.32 Å². The maximum absolute atomic E-state index is 11.1. The Labute approximate surface area is 100 Å². The van der Waals surface area contributed by atoms with E-state index in [9.17, 15) is 9.59 Å². The second kappa shape index (κ2) is 8.73. The van der Waals surface area contributed by atoms with Gasteiger partial charge in [-0.1, -0.05) is 12.8 Å². The van der Waals surface area contributed by atoms with Crippen LogP contribution in [0.25, 0.3) is 0 Å². The molecule has 1 unspecified atom stereocenters. The average Bonchev–Trinajstić information content (AvgIpc) is 3.14. The number of isocyanates is 1. The van der Waals surface area contributed by atoms with Crippen LogP contribution >= 0.6 is 0 Å². The van der Waals surface area contributed by atoms with Crippen molar-refractivity contribution in [1.29, 1.82) is 0 Å². The summed E-state index contributed by atoms with van der Waals surface area (Å²) < 4.78 is 9.80. The van der Waals surface area contributed by atoms with E-state index >= 15 is 0 Å². The van der Waals surface area contributed by atoms with Gasteiger partial charge in [0.15, 0.2) is 0 Å². The van der Waals surface area contributed by atoms with Crippen molar-refractivity contribution in [3.05, 3.63) is 0 Å². The number of nitrogens with zero attached hydrogens (tertiary/aromatic N) is 1. The summed E-state index contributed by atoms with van der Waals surface area (Å²) in [6, 6.07) is 0. The molecule has 0 spiro atoms. The average molecular weight is 242 g/mol. The SMILES string of the molecule is O=C=NCCCCCCNC(=O)OCC1CO1. The third-order valence-corrected chi connectivity index (χ3v) is 2.33. The van der Waals surface area contributed by atoms with Crippen LogP contribution in [-0.4, -0.2) is 44.6 Å². The highest BCUT2D eigenvalue weighted by Gasteiger charge is 2.23. The molecule has 0 aromatic rings. The van der Waals surface area contributed by atoms with Crippen LogP contribution in [0.15, 0.2) is 4.99 Å². The Morgan fingerprint density at radius 3 is 2.88 bits per heavy atom. The summed E-state index contributed by atoms with van der Waals surface area (Å²) in [6.45, 7) is 2.19. The van der Waals surface area contributed by atoms with E-state index in [1.807, 2.05) is 0 Å². The molecule has 0 aliphatic carbocycles. The number of rotatable bonds is 9. The zero-order valence-electron chi connectivity index (χ0n) is 9.81. The molecule has 96 valence electrons. The predicted molar refractivity (Wildman–Crippen MR) is 60.5 cm³/mol. The van der Waals surface area contributed by atoms with Gasteiger partial charge in [0, 0.05) is 6.54 Å². The van der Waals surface area contributed by atoms with E-state index in [1.165, 1.54) is 6.08 Å². The third kappa shape index (κ3) is 8.42. The fourth-order valence-corrected chi connectivity index (χ4v) is 1.29. The lowest BCUT2D eigenvalue weighted by atomic mass is 10.2. The molecule has 0 saturated carbocycles. The van der Waals surface area contributed by atoms with Gasteiger partial charge in [-0.2, -0.15) is 0 Å². The zero-order valence-corrected chi connectivity index (χ0v) is 9.81. The molecule has 0 bridgehead atoms. The number of hydrogen-bond donors (Lipinski definition) is 1. The van der Waals surface area contributed by atoms with E-state index in [0.717, 1.165) is 25.7 Å².